The molecule has 0 aromatic heterocycles. The van der Waals surface area contributed by atoms with Crippen LogP contribution in [0.1, 0.15) is 6.42 Å². The van der Waals surface area contributed by atoms with Crippen molar-refractivity contribution in [3.05, 3.63) is 28.7 Å². The van der Waals surface area contributed by atoms with Gasteiger partial charge in [0.1, 0.15) is 5.75 Å². The van der Waals surface area contributed by atoms with Gasteiger partial charge in [-0.2, -0.15) is 0 Å². The van der Waals surface area contributed by atoms with Crippen molar-refractivity contribution < 1.29 is 4.74 Å². The lowest BCUT2D eigenvalue weighted by Crippen LogP contribution is -2.00. The number of alkyl halides is 1. The van der Waals surface area contributed by atoms with E-state index < -0.39 is 0 Å². The van der Waals surface area contributed by atoms with E-state index in [2.05, 4.69) is 31.9 Å². The van der Waals surface area contributed by atoms with Crippen molar-refractivity contribution in [1.82, 2.24) is 0 Å². The lowest BCUT2D eigenvalue weighted by Gasteiger charge is -2.04. The predicted octanol–water partition coefficient (Wildman–Crippen LogP) is 3.61. The van der Waals surface area contributed by atoms with Gasteiger partial charge in [0.15, 0.2) is 0 Å². The Hall–Kier alpha value is -0.0200. The van der Waals surface area contributed by atoms with Crippen LogP contribution in [0, 0.1) is 5.92 Å². The van der Waals surface area contributed by atoms with E-state index in [1.54, 1.807) is 0 Å². The molecule has 70 valence electrons. The van der Waals surface area contributed by atoms with Crippen LogP contribution < -0.4 is 4.74 Å². The molecule has 0 radical (unpaired) electrons. The Morgan fingerprint density at radius 3 is 2.46 bits per heavy atom. The fourth-order valence-corrected chi connectivity index (χ4v) is 2.01. The molecule has 0 unspecified atom stereocenters. The molecule has 1 aliphatic carbocycles. The van der Waals surface area contributed by atoms with Crippen molar-refractivity contribution in [2.45, 2.75) is 11.2 Å². The molecule has 0 N–H and O–H groups in total. The first-order chi connectivity index (χ1) is 6.25. The third-order valence-electron chi connectivity index (χ3n) is 2.11. The maximum absolute atomic E-state index is 5.60. The Morgan fingerprint density at radius 1 is 1.31 bits per heavy atom. The summed E-state index contributed by atoms with van der Waals surface area (Å²) in [7, 11) is 0. The summed E-state index contributed by atoms with van der Waals surface area (Å²) < 4.78 is 6.69. The predicted molar refractivity (Wildman–Crippen MR) is 60.5 cm³/mol. The maximum Gasteiger partial charge on any atom is 0.119 e. The van der Waals surface area contributed by atoms with Gasteiger partial charge in [-0.05, 0) is 30.7 Å². The molecule has 2 atom stereocenters. The van der Waals surface area contributed by atoms with Crippen LogP contribution in [0.25, 0.3) is 0 Å². The van der Waals surface area contributed by atoms with Gasteiger partial charge in [-0.1, -0.05) is 31.9 Å². The molecule has 0 aliphatic heterocycles. The van der Waals surface area contributed by atoms with Crippen molar-refractivity contribution in [3.63, 3.8) is 0 Å². The fraction of sp³-hybridized carbons (Fsp3) is 0.400. The van der Waals surface area contributed by atoms with E-state index in [4.69, 9.17) is 4.74 Å². The van der Waals surface area contributed by atoms with E-state index in [1.807, 2.05) is 24.3 Å². The summed E-state index contributed by atoms with van der Waals surface area (Å²) in [5.41, 5.74) is 0. The molecule has 0 bridgehead atoms. The van der Waals surface area contributed by atoms with E-state index in [1.165, 1.54) is 6.42 Å². The Morgan fingerprint density at radius 2 is 1.92 bits per heavy atom. The molecule has 1 nitrogen and oxygen atoms in total. The van der Waals surface area contributed by atoms with Gasteiger partial charge in [0.2, 0.25) is 0 Å². The second kappa shape index (κ2) is 4.01. The summed E-state index contributed by atoms with van der Waals surface area (Å²) >= 11 is 6.93. The van der Waals surface area contributed by atoms with Gasteiger partial charge >= 0.3 is 0 Å². The zero-order chi connectivity index (χ0) is 9.26. The normalized spacial score (nSPS) is 25.7. The van der Waals surface area contributed by atoms with Crippen molar-refractivity contribution in [2.75, 3.05) is 6.61 Å². The van der Waals surface area contributed by atoms with Crippen LogP contribution in [0.15, 0.2) is 28.7 Å². The van der Waals surface area contributed by atoms with Crippen LogP contribution >= 0.6 is 31.9 Å². The SMILES string of the molecule is Brc1ccc(OC[C@H]2C[C@@H]2Br)cc1. The highest BCUT2D eigenvalue weighted by molar-refractivity contribution is 9.10. The summed E-state index contributed by atoms with van der Waals surface area (Å²) in [6.45, 7) is 0.831. The van der Waals surface area contributed by atoms with Gasteiger partial charge in [0.05, 0.1) is 6.61 Å². The number of halogens is 2. The van der Waals surface area contributed by atoms with E-state index in [-0.39, 0.29) is 0 Å². The summed E-state index contributed by atoms with van der Waals surface area (Å²) in [4.78, 5) is 0.683. The van der Waals surface area contributed by atoms with Gasteiger partial charge in [0, 0.05) is 15.2 Å². The monoisotopic (exact) mass is 304 g/mol. The minimum absolute atomic E-state index is 0.683. The smallest absolute Gasteiger partial charge is 0.119 e. The van der Waals surface area contributed by atoms with Crippen LogP contribution in [-0.4, -0.2) is 11.4 Å². The molecule has 0 amide bonds. The summed E-state index contributed by atoms with van der Waals surface area (Å²) in [6.07, 6.45) is 1.25. The highest BCUT2D eigenvalue weighted by atomic mass is 79.9. The average Bonchev–Trinajstić information content (AvgIpc) is 2.81. The molecule has 13 heavy (non-hydrogen) atoms. The minimum atomic E-state index is 0.683. The largest absolute Gasteiger partial charge is 0.493 e. The first kappa shape index (κ1) is 9.53. The molecule has 0 saturated heterocycles. The molecule has 3 heteroatoms. The second-order valence-electron chi connectivity index (χ2n) is 3.28. The topological polar surface area (TPSA) is 9.23 Å². The van der Waals surface area contributed by atoms with E-state index in [0.29, 0.717) is 10.7 Å². The van der Waals surface area contributed by atoms with Crippen LogP contribution in [-0.2, 0) is 0 Å². The Balaban J connectivity index is 1.84. The maximum atomic E-state index is 5.60. The van der Waals surface area contributed by atoms with Crippen LogP contribution in [0.2, 0.25) is 0 Å². The van der Waals surface area contributed by atoms with E-state index >= 15 is 0 Å². The van der Waals surface area contributed by atoms with Crippen molar-refractivity contribution >= 4 is 31.9 Å². The average molecular weight is 306 g/mol. The number of hydrogen-bond donors (Lipinski definition) is 0. The Kier molecular flexibility index (Phi) is 2.94. The molecular weight excluding hydrogens is 296 g/mol. The highest BCUT2D eigenvalue weighted by Crippen LogP contribution is 2.37. The van der Waals surface area contributed by atoms with E-state index in [9.17, 15) is 0 Å². The van der Waals surface area contributed by atoms with Gasteiger partial charge < -0.3 is 4.74 Å². The third kappa shape index (κ3) is 2.71. The number of hydrogen-bond acceptors (Lipinski definition) is 1. The first-order valence-corrected chi connectivity index (χ1v) is 5.99. The number of ether oxygens (including phenoxy) is 1. The molecular formula is C10H10Br2O. The molecule has 1 fully saturated rings. The standard InChI is InChI=1S/C10H10Br2O/c11-8-1-3-9(4-2-8)13-6-7-5-10(7)12/h1-4,7,10H,5-6H2/t7-,10+/m1/s1. The van der Waals surface area contributed by atoms with Crippen molar-refractivity contribution in [1.29, 1.82) is 0 Å². The van der Waals surface area contributed by atoms with E-state index in [0.717, 1.165) is 16.8 Å². The molecule has 0 spiro atoms. The van der Waals surface area contributed by atoms with Gasteiger partial charge in [-0.25, -0.2) is 0 Å². The molecule has 1 saturated carbocycles. The lowest BCUT2D eigenvalue weighted by atomic mass is 10.3. The quantitative estimate of drug-likeness (QED) is 0.775. The fourth-order valence-electron chi connectivity index (χ4n) is 1.12. The Labute approximate surface area is 94.7 Å². The Bertz CT molecular complexity index is 283. The summed E-state index contributed by atoms with van der Waals surface area (Å²) in [6, 6.07) is 7.95. The number of benzene rings is 1. The molecule has 1 aliphatic rings. The zero-order valence-electron chi connectivity index (χ0n) is 7.04. The molecule has 1 aromatic rings. The van der Waals surface area contributed by atoms with Crippen molar-refractivity contribution in [3.8, 4) is 5.75 Å². The lowest BCUT2D eigenvalue weighted by molar-refractivity contribution is 0.300. The molecule has 1 aromatic carbocycles. The minimum Gasteiger partial charge on any atom is -0.493 e. The highest BCUT2D eigenvalue weighted by Gasteiger charge is 2.34. The number of rotatable bonds is 3. The van der Waals surface area contributed by atoms with Crippen LogP contribution in [0.5, 0.6) is 5.75 Å². The van der Waals surface area contributed by atoms with Crippen molar-refractivity contribution in [2.24, 2.45) is 5.92 Å². The third-order valence-corrected chi connectivity index (χ3v) is 3.76. The summed E-state index contributed by atoms with van der Waals surface area (Å²) in [5, 5.41) is 0. The zero-order valence-corrected chi connectivity index (χ0v) is 10.2. The second-order valence-corrected chi connectivity index (χ2v) is 5.37. The van der Waals surface area contributed by atoms with Gasteiger partial charge in [0.25, 0.3) is 0 Å². The van der Waals surface area contributed by atoms with Crippen LogP contribution in [0.3, 0.4) is 0 Å². The van der Waals surface area contributed by atoms with Crippen LogP contribution in [0.4, 0.5) is 0 Å². The van der Waals surface area contributed by atoms with Gasteiger partial charge in [-0.3, -0.25) is 0 Å². The molecule has 0 heterocycles. The van der Waals surface area contributed by atoms with Gasteiger partial charge in [-0.15, -0.1) is 0 Å². The molecule has 2 rings (SSSR count). The summed E-state index contributed by atoms with van der Waals surface area (Å²) in [5.74, 6) is 1.67. The first-order valence-electron chi connectivity index (χ1n) is 4.28.